The Morgan fingerprint density at radius 3 is 2.84 bits per heavy atom. The van der Waals surface area contributed by atoms with Crippen LogP contribution in [0.15, 0.2) is 67.0 Å². The summed E-state index contributed by atoms with van der Waals surface area (Å²) in [6.45, 7) is 0.530. The molecule has 0 unspecified atom stereocenters. The number of benzene rings is 1. The molecule has 0 atom stereocenters. The second-order valence-electron chi connectivity index (χ2n) is 5.24. The highest BCUT2D eigenvalue weighted by atomic mass is 16.1. The number of aromatic nitrogens is 3. The van der Waals surface area contributed by atoms with E-state index in [2.05, 4.69) is 21.5 Å². The molecule has 2 aromatic heterocycles. The molecule has 3 rings (SSSR count). The van der Waals surface area contributed by atoms with Gasteiger partial charge in [-0.3, -0.25) is 14.5 Å². The van der Waals surface area contributed by atoms with E-state index in [9.17, 15) is 4.79 Å². The number of hydrogen-bond donors (Lipinski definition) is 1. The molecule has 6 heteroatoms. The van der Waals surface area contributed by atoms with E-state index in [1.54, 1.807) is 47.4 Å². The second kappa shape index (κ2) is 7.70. The van der Waals surface area contributed by atoms with Crippen molar-refractivity contribution in [3.05, 3.63) is 83.8 Å². The van der Waals surface area contributed by atoms with Crippen molar-refractivity contribution in [2.45, 2.75) is 6.54 Å². The molecule has 6 nitrogen and oxygen atoms in total. The van der Waals surface area contributed by atoms with Gasteiger partial charge in [-0.2, -0.15) is 10.4 Å². The lowest BCUT2D eigenvalue weighted by Crippen LogP contribution is -2.09. The van der Waals surface area contributed by atoms with Crippen LogP contribution < -0.4 is 5.32 Å². The molecule has 2 heterocycles. The summed E-state index contributed by atoms with van der Waals surface area (Å²) in [5.41, 5.74) is 2.10. The Hall–Kier alpha value is -3.72. The summed E-state index contributed by atoms with van der Waals surface area (Å²) in [6, 6.07) is 16.6. The number of anilines is 1. The van der Waals surface area contributed by atoms with Crippen molar-refractivity contribution in [3.63, 3.8) is 0 Å². The van der Waals surface area contributed by atoms with Gasteiger partial charge in [0.2, 0.25) is 5.91 Å². The Labute approximate surface area is 145 Å². The van der Waals surface area contributed by atoms with Gasteiger partial charge in [0.1, 0.15) is 0 Å². The van der Waals surface area contributed by atoms with Gasteiger partial charge in [-0.1, -0.05) is 24.3 Å². The number of rotatable bonds is 5. The van der Waals surface area contributed by atoms with Gasteiger partial charge in [0.25, 0.3) is 0 Å². The van der Waals surface area contributed by atoms with Crippen LogP contribution in [0.1, 0.15) is 16.8 Å². The molecular weight excluding hydrogens is 314 g/mol. The summed E-state index contributed by atoms with van der Waals surface area (Å²) in [7, 11) is 0. The number of amides is 1. The third-order valence-electron chi connectivity index (χ3n) is 3.44. The van der Waals surface area contributed by atoms with Crippen LogP contribution >= 0.6 is 0 Å². The van der Waals surface area contributed by atoms with E-state index < -0.39 is 0 Å². The molecule has 0 fully saturated rings. The van der Waals surface area contributed by atoms with Gasteiger partial charge in [-0.15, -0.1) is 0 Å². The molecule has 1 aromatic carbocycles. The first kappa shape index (κ1) is 16.1. The minimum absolute atomic E-state index is 0.309. The monoisotopic (exact) mass is 329 g/mol. The van der Waals surface area contributed by atoms with Gasteiger partial charge < -0.3 is 5.32 Å². The number of nitrogens with zero attached hydrogens (tertiary/aromatic N) is 4. The first-order chi connectivity index (χ1) is 12.2. The first-order valence-electron chi connectivity index (χ1n) is 7.66. The number of carbonyl (C=O) groups excluding carboxylic acids is 1. The fraction of sp³-hybridized carbons (Fsp3) is 0.0526. The van der Waals surface area contributed by atoms with Crippen LogP contribution in [0.25, 0.3) is 6.08 Å². The van der Waals surface area contributed by atoms with Crippen LogP contribution in [0.2, 0.25) is 0 Å². The van der Waals surface area contributed by atoms with E-state index in [-0.39, 0.29) is 5.91 Å². The zero-order chi connectivity index (χ0) is 17.5. The molecule has 0 aliphatic rings. The third kappa shape index (κ3) is 4.39. The largest absolute Gasteiger partial charge is 0.306 e. The van der Waals surface area contributed by atoms with Crippen molar-refractivity contribution in [2.75, 3.05) is 5.32 Å². The highest BCUT2D eigenvalue weighted by Gasteiger charge is 2.04. The Morgan fingerprint density at radius 1 is 1.20 bits per heavy atom. The number of hydrogen-bond acceptors (Lipinski definition) is 4. The van der Waals surface area contributed by atoms with Crippen molar-refractivity contribution < 1.29 is 4.79 Å². The van der Waals surface area contributed by atoms with E-state index in [0.717, 1.165) is 5.69 Å². The van der Waals surface area contributed by atoms with E-state index in [1.165, 1.54) is 6.08 Å². The first-order valence-corrected chi connectivity index (χ1v) is 7.66. The Kier molecular flexibility index (Phi) is 4.98. The van der Waals surface area contributed by atoms with Gasteiger partial charge in [0, 0.05) is 24.5 Å². The van der Waals surface area contributed by atoms with E-state index in [0.29, 0.717) is 23.5 Å². The SMILES string of the molecule is N#Cc1ccccc1C=CC(=O)Nc1ccn(Cc2ccccn2)n1. The number of nitriles is 1. The van der Waals surface area contributed by atoms with Crippen LogP contribution in [0, 0.1) is 11.3 Å². The number of pyridine rings is 1. The van der Waals surface area contributed by atoms with Crippen LogP contribution in [-0.2, 0) is 11.3 Å². The third-order valence-corrected chi connectivity index (χ3v) is 3.44. The molecule has 0 aliphatic heterocycles. The zero-order valence-corrected chi connectivity index (χ0v) is 13.3. The average Bonchev–Trinajstić information content (AvgIpc) is 3.07. The molecule has 0 aliphatic carbocycles. The predicted octanol–water partition coefficient (Wildman–Crippen LogP) is 2.85. The molecule has 0 bridgehead atoms. The van der Waals surface area contributed by atoms with Crippen LogP contribution in [0.4, 0.5) is 5.82 Å². The number of nitrogens with one attached hydrogen (secondary N) is 1. The van der Waals surface area contributed by atoms with Crippen LogP contribution in [-0.4, -0.2) is 20.7 Å². The van der Waals surface area contributed by atoms with Gasteiger partial charge in [-0.25, -0.2) is 0 Å². The molecule has 122 valence electrons. The van der Waals surface area contributed by atoms with Gasteiger partial charge >= 0.3 is 0 Å². The lowest BCUT2D eigenvalue weighted by Gasteiger charge is -2.01. The minimum atomic E-state index is -0.309. The minimum Gasteiger partial charge on any atom is -0.306 e. The molecule has 1 amide bonds. The highest BCUT2D eigenvalue weighted by Crippen LogP contribution is 2.10. The van der Waals surface area contributed by atoms with Crippen molar-refractivity contribution in [1.82, 2.24) is 14.8 Å². The molecule has 3 aromatic rings. The summed E-state index contributed by atoms with van der Waals surface area (Å²) in [4.78, 5) is 16.2. The topological polar surface area (TPSA) is 83.6 Å². The maximum atomic E-state index is 12.0. The van der Waals surface area contributed by atoms with Crippen molar-refractivity contribution >= 4 is 17.8 Å². The molecule has 0 spiro atoms. The predicted molar refractivity (Wildman–Crippen MR) is 94.4 cm³/mol. The van der Waals surface area contributed by atoms with Crippen LogP contribution in [0.5, 0.6) is 0 Å². The Morgan fingerprint density at radius 2 is 2.04 bits per heavy atom. The highest BCUT2D eigenvalue weighted by molar-refractivity contribution is 6.01. The van der Waals surface area contributed by atoms with E-state index >= 15 is 0 Å². The molecule has 0 saturated carbocycles. The quantitative estimate of drug-likeness (QED) is 0.730. The molecular formula is C19H15N5O. The van der Waals surface area contributed by atoms with Crippen molar-refractivity contribution in [2.24, 2.45) is 0 Å². The Bertz CT molecular complexity index is 938. The maximum absolute atomic E-state index is 12.0. The standard InChI is InChI=1S/C19H15N5O/c20-13-16-6-2-1-5-15(16)8-9-19(25)22-18-10-12-24(23-18)14-17-7-3-4-11-21-17/h1-12H,14H2,(H,22,23,25). The van der Waals surface area contributed by atoms with Gasteiger partial charge in [-0.05, 0) is 29.8 Å². The summed E-state index contributed by atoms with van der Waals surface area (Å²) >= 11 is 0. The van der Waals surface area contributed by atoms with Gasteiger partial charge in [0.15, 0.2) is 5.82 Å². The van der Waals surface area contributed by atoms with Crippen LogP contribution in [0.3, 0.4) is 0 Å². The molecule has 1 N–H and O–H groups in total. The summed E-state index contributed by atoms with van der Waals surface area (Å²) in [6.07, 6.45) is 6.50. The summed E-state index contributed by atoms with van der Waals surface area (Å²) in [5.74, 6) is 0.148. The smallest absolute Gasteiger partial charge is 0.249 e. The molecule has 25 heavy (non-hydrogen) atoms. The van der Waals surface area contributed by atoms with E-state index in [4.69, 9.17) is 5.26 Å². The van der Waals surface area contributed by atoms with Crippen molar-refractivity contribution in [1.29, 1.82) is 5.26 Å². The summed E-state index contributed by atoms with van der Waals surface area (Å²) in [5, 5.41) is 16.0. The zero-order valence-electron chi connectivity index (χ0n) is 13.3. The lowest BCUT2D eigenvalue weighted by atomic mass is 10.1. The number of carbonyl (C=O) groups is 1. The normalized spacial score (nSPS) is 10.5. The fourth-order valence-corrected chi connectivity index (χ4v) is 2.25. The van der Waals surface area contributed by atoms with E-state index in [1.807, 2.05) is 24.3 Å². The second-order valence-corrected chi connectivity index (χ2v) is 5.24. The average molecular weight is 329 g/mol. The van der Waals surface area contributed by atoms with Crippen molar-refractivity contribution in [3.8, 4) is 6.07 Å². The molecule has 0 radical (unpaired) electrons. The lowest BCUT2D eigenvalue weighted by molar-refractivity contribution is -0.111. The maximum Gasteiger partial charge on any atom is 0.249 e. The van der Waals surface area contributed by atoms with Gasteiger partial charge in [0.05, 0.1) is 23.9 Å². The summed E-state index contributed by atoms with van der Waals surface area (Å²) < 4.78 is 1.70. The molecule has 0 saturated heterocycles. The fourth-order valence-electron chi connectivity index (χ4n) is 2.25. The Balaban J connectivity index is 1.62.